The van der Waals surface area contributed by atoms with Crippen molar-refractivity contribution in [3.05, 3.63) is 102 Å². The van der Waals surface area contributed by atoms with Crippen LogP contribution in [0.3, 0.4) is 0 Å². The summed E-state index contributed by atoms with van der Waals surface area (Å²) in [6.45, 7) is 0.162. The third-order valence-corrected chi connectivity index (χ3v) is 7.71. The number of fused-ring (bicyclic) bond motifs is 2. The van der Waals surface area contributed by atoms with Gasteiger partial charge in [0.1, 0.15) is 23.5 Å². The molecule has 0 saturated carbocycles. The molecule has 41 heavy (non-hydrogen) atoms. The van der Waals surface area contributed by atoms with E-state index in [1.807, 2.05) is 12.1 Å². The summed E-state index contributed by atoms with van der Waals surface area (Å²) in [7, 11) is 0. The first kappa shape index (κ1) is 26.1. The average Bonchev–Trinajstić information content (AvgIpc) is 3.58. The summed E-state index contributed by atoms with van der Waals surface area (Å²) in [5.74, 6) is -1.37. The monoisotopic (exact) mass is 549 g/mol. The number of pyridine rings is 2. The summed E-state index contributed by atoms with van der Waals surface area (Å²) < 4.78 is 0. The zero-order valence-electron chi connectivity index (χ0n) is 22.0. The number of nitrogens with zero attached hydrogens (tertiary/aromatic N) is 4. The Labute approximate surface area is 235 Å². The van der Waals surface area contributed by atoms with Crippen molar-refractivity contribution in [1.82, 2.24) is 25.1 Å². The van der Waals surface area contributed by atoms with Crippen molar-refractivity contribution >= 4 is 34.4 Å². The number of likely N-dealkylation sites (tertiary alicyclic amines) is 2. The molecule has 6 rings (SSSR count). The number of aromatic nitrogens is 2. The second-order valence-electron chi connectivity index (χ2n) is 10.2. The predicted molar refractivity (Wildman–Crippen MR) is 149 cm³/mol. The first-order chi connectivity index (χ1) is 19.9. The molecule has 206 valence electrons. The van der Waals surface area contributed by atoms with Crippen LogP contribution in [-0.2, 0) is 16.0 Å². The van der Waals surface area contributed by atoms with Gasteiger partial charge >= 0.3 is 0 Å². The minimum absolute atomic E-state index is 0.0825. The molecule has 3 unspecified atom stereocenters. The van der Waals surface area contributed by atoms with Gasteiger partial charge in [0.05, 0.1) is 23.7 Å². The van der Waals surface area contributed by atoms with Crippen molar-refractivity contribution in [2.24, 2.45) is 0 Å². The number of aromatic hydroxyl groups is 1. The third kappa shape index (κ3) is 5.00. The standard InChI is InChI=1S/C31H27N5O5/c37-21-11-9-19(10-12-21)17-24(34-29(39)22-7-3-5-20-6-4-15-33-27(20)22)31(41)35-16-13-25-28(35)26(38)18-36(25)30(40)23-8-1-2-14-32-23/h1-12,14-15,24-25,28,37H,13,16-18H2,(H,34,39). The topological polar surface area (TPSA) is 133 Å². The van der Waals surface area contributed by atoms with Gasteiger partial charge < -0.3 is 20.2 Å². The van der Waals surface area contributed by atoms with E-state index in [9.17, 15) is 24.3 Å². The van der Waals surface area contributed by atoms with Gasteiger partial charge in [-0.3, -0.25) is 29.1 Å². The van der Waals surface area contributed by atoms with E-state index in [0.717, 1.165) is 10.9 Å². The molecule has 2 aliphatic rings. The van der Waals surface area contributed by atoms with Gasteiger partial charge in [-0.1, -0.05) is 36.4 Å². The van der Waals surface area contributed by atoms with Gasteiger partial charge in [-0.05, 0) is 48.4 Å². The molecule has 2 aromatic carbocycles. The number of rotatable bonds is 6. The number of carbonyl (C=O) groups excluding carboxylic acids is 4. The summed E-state index contributed by atoms with van der Waals surface area (Å²) in [4.78, 5) is 65.4. The molecule has 2 aromatic heterocycles. The number of nitrogens with one attached hydrogen (secondary N) is 1. The molecule has 2 aliphatic heterocycles. The van der Waals surface area contributed by atoms with Gasteiger partial charge in [-0.2, -0.15) is 0 Å². The maximum absolute atomic E-state index is 14.1. The number of phenols is 1. The second kappa shape index (κ2) is 10.8. The molecular weight excluding hydrogens is 522 g/mol. The third-order valence-electron chi connectivity index (χ3n) is 7.71. The number of Topliss-reactive ketones (excluding diaryl/α,β-unsaturated/α-hetero) is 1. The molecule has 10 nitrogen and oxygen atoms in total. The number of amides is 3. The smallest absolute Gasteiger partial charge is 0.273 e. The van der Waals surface area contributed by atoms with Crippen molar-refractivity contribution in [2.45, 2.75) is 31.0 Å². The van der Waals surface area contributed by atoms with Crippen molar-refractivity contribution in [1.29, 1.82) is 0 Å². The van der Waals surface area contributed by atoms with Crippen LogP contribution < -0.4 is 5.32 Å². The molecule has 3 atom stereocenters. The molecular formula is C31H27N5O5. The Morgan fingerprint density at radius 3 is 2.49 bits per heavy atom. The molecule has 4 aromatic rings. The fourth-order valence-corrected chi connectivity index (χ4v) is 5.77. The van der Waals surface area contributed by atoms with Gasteiger partial charge in [0, 0.05) is 30.7 Å². The average molecular weight is 550 g/mol. The van der Waals surface area contributed by atoms with Crippen LogP contribution in [0, 0.1) is 0 Å². The Morgan fingerprint density at radius 1 is 0.927 bits per heavy atom. The minimum atomic E-state index is -1.00. The summed E-state index contributed by atoms with van der Waals surface area (Å²) >= 11 is 0. The predicted octanol–water partition coefficient (Wildman–Crippen LogP) is 2.37. The van der Waals surface area contributed by atoms with Crippen LogP contribution in [0.4, 0.5) is 0 Å². The minimum Gasteiger partial charge on any atom is -0.508 e. The molecule has 3 amide bonds. The summed E-state index contributed by atoms with van der Waals surface area (Å²) in [6, 6.07) is 18.0. The lowest BCUT2D eigenvalue weighted by molar-refractivity contribution is -0.138. The quantitative estimate of drug-likeness (QED) is 0.377. The summed E-state index contributed by atoms with van der Waals surface area (Å²) in [5.41, 5.74) is 1.80. The number of benzene rings is 2. The van der Waals surface area contributed by atoms with E-state index >= 15 is 0 Å². The van der Waals surface area contributed by atoms with E-state index in [1.54, 1.807) is 54.7 Å². The van der Waals surface area contributed by atoms with Crippen LogP contribution in [0.1, 0.15) is 32.8 Å². The number of para-hydroxylation sites is 1. The van der Waals surface area contributed by atoms with Crippen molar-refractivity contribution in [3.8, 4) is 5.75 Å². The fourth-order valence-electron chi connectivity index (χ4n) is 5.77. The highest BCUT2D eigenvalue weighted by Crippen LogP contribution is 2.31. The second-order valence-corrected chi connectivity index (χ2v) is 10.2. The molecule has 0 spiro atoms. The van der Waals surface area contributed by atoms with Crippen LogP contribution in [0.15, 0.2) is 85.2 Å². The highest BCUT2D eigenvalue weighted by atomic mass is 16.3. The Bertz CT molecular complexity index is 1640. The SMILES string of the molecule is O=C(NC(Cc1ccc(O)cc1)C(=O)N1CCC2C1C(=O)CN2C(=O)c1ccccn1)c1cccc2cccnc12. The van der Waals surface area contributed by atoms with Crippen LogP contribution in [0.5, 0.6) is 5.75 Å². The van der Waals surface area contributed by atoms with E-state index in [0.29, 0.717) is 17.5 Å². The van der Waals surface area contributed by atoms with E-state index in [-0.39, 0.29) is 42.6 Å². The first-order valence-electron chi connectivity index (χ1n) is 13.4. The normalized spacial score (nSPS) is 18.8. The number of hydrogen-bond donors (Lipinski definition) is 2. The fraction of sp³-hybridized carbons (Fsp3) is 0.226. The molecule has 10 heteroatoms. The van der Waals surface area contributed by atoms with Gasteiger partial charge in [0.25, 0.3) is 11.8 Å². The maximum atomic E-state index is 14.1. The molecule has 2 saturated heterocycles. The lowest BCUT2D eigenvalue weighted by atomic mass is 10.0. The molecule has 2 N–H and O–H groups in total. The van der Waals surface area contributed by atoms with Crippen LogP contribution in [0.2, 0.25) is 0 Å². The number of phenolic OH excluding ortho intramolecular Hbond substituents is 1. The summed E-state index contributed by atoms with van der Waals surface area (Å²) in [6.07, 6.45) is 3.71. The van der Waals surface area contributed by atoms with Gasteiger partial charge in [0.2, 0.25) is 5.91 Å². The van der Waals surface area contributed by atoms with E-state index < -0.39 is 29.9 Å². The Morgan fingerprint density at radius 2 is 1.71 bits per heavy atom. The first-order valence-corrected chi connectivity index (χ1v) is 13.4. The van der Waals surface area contributed by atoms with E-state index in [4.69, 9.17) is 0 Å². The number of carbonyl (C=O) groups is 4. The van der Waals surface area contributed by atoms with Crippen LogP contribution in [0.25, 0.3) is 10.9 Å². The lowest BCUT2D eigenvalue weighted by Crippen LogP contribution is -2.53. The van der Waals surface area contributed by atoms with Gasteiger partial charge in [0.15, 0.2) is 5.78 Å². The maximum Gasteiger partial charge on any atom is 0.273 e. The van der Waals surface area contributed by atoms with E-state index in [2.05, 4.69) is 15.3 Å². The van der Waals surface area contributed by atoms with Gasteiger partial charge in [-0.25, -0.2) is 0 Å². The van der Waals surface area contributed by atoms with Crippen molar-refractivity contribution < 1.29 is 24.3 Å². The molecule has 0 radical (unpaired) electrons. The zero-order chi connectivity index (χ0) is 28.5. The Balaban J connectivity index is 1.27. The molecule has 0 bridgehead atoms. The van der Waals surface area contributed by atoms with Gasteiger partial charge in [-0.15, -0.1) is 0 Å². The lowest BCUT2D eigenvalue weighted by Gasteiger charge is -2.28. The molecule has 2 fully saturated rings. The highest BCUT2D eigenvalue weighted by Gasteiger charge is 2.52. The van der Waals surface area contributed by atoms with Crippen molar-refractivity contribution in [3.63, 3.8) is 0 Å². The zero-order valence-corrected chi connectivity index (χ0v) is 22.0. The largest absolute Gasteiger partial charge is 0.508 e. The van der Waals surface area contributed by atoms with Crippen LogP contribution >= 0.6 is 0 Å². The van der Waals surface area contributed by atoms with Crippen LogP contribution in [-0.4, -0.2) is 79.6 Å². The molecule has 0 aliphatic carbocycles. The van der Waals surface area contributed by atoms with E-state index in [1.165, 1.54) is 28.1 Å². The number of ketones is 1. The highest BCUT2D eigenvalue weighted by molar-refractivity contribution is 6.07. The Hall–Kier alpha value is -5.12. The Kier molecular flexibility index (Phi) is 6.88. The number of hydrogen-bond acceptors (Lipinski definition) is 7. The van der Waals surface area contributed by atoms with Crippen molar-refractivity contribution in [2.75, 3.05) is 13.1 Å². The summed E-state index contributed by atoms with van der Waals surface area (Å²) in [5, 5.41) is 13.4. The molecule has 4 heterocycles.